The van der Waals surface area contributed by atoms with Crippen molar-refractivity contribution in [1.29, 1.82) is 0 Å². The standard InChI is InChI=1S/C26H28Cl2F3N5O5S/c1-33(23(37)16-3-6-18(7-4-16)32-24(38)26(29,30)31)22-15-35(14-19(22)17-5-8-20(27)21(28)13-17)25(39)34-9-11-36(12-10-34)42(2,40)41/h3-8,13,19,22H,9-12,14-15H2,1-2H3,(H,32,38)/t19-,22+/m0/s1. The van der Waals surface area contributed by atoms with E-state index in [-0.39, 0.29) is 62.5 Å². The summed E-state index contributed by atoms with van der Waals surface area (Å²) in [7, 11) is -1.81. The lowest BCUT2D eigenvalue weighted by Gasteiger charge is -2.35. The highest BCUT2D eigenvalue weighted by atomic mass is 35.5. The molecule has 0 spiro atoms. The van der Waals surface area contributed by atoms with Crippen LogP contribution in [0.3, 0.4) is 0 Å². The summed E-state index contributed by atoms with van der Waals surface area (Å²) in [5, 5.41) is 2.38. The fourth-order valence-electron chi connectivity index (χ4n) is 5.07. The van der Waals surface area contributed by atoms with Gasteiger partial charge in [-0.2, -0.15) is 17.5 Å². The molecule has 0 aromatic heterocycles. The van der Waals surface area contributed by atoms with Crippen LogP contribution in [0.1, 0.15) is 21.8 Å². The minimum atomic E-state index is -5.05. The number of urea groups is 1. The second-order valence-corrected chi connectivity index (χ2v) is 12.9. The normalized spacial score (nSPS) is 20.0. The fraction of sp³-hybridized carbons (Fsp3) is 0.423. The molecule has 2 aliphatic heterocycles. The van der Waals surface area contributed by atoms with E-state index in [9.17, 15) is 36.0 Å². The van der Waals surface area contributed by atoms with Crippen LogP contribution in [0.5, 0.6) is 0 Å². The van der Waals surface area contributed by atoms with E-state index in [1.54, 1.807) is 40.4 Å². The van der Waals surface area contributed by atoms with Gasteiger partial charge in [-0.3, -0.25) is 9.59 Å². The Labute approximate surface area is 251 Å². The van der Waals surface area contributed by atoms with Crippen molar-refractivity contribution in [3.8, 4) is 0 Å². The molecular formula is C26H28Cl2F3N5O5S. The van der Waals surface area contributed by atoms with Crippen LogP contribution in [0.4, 0.5) is 23.7 Å². The molecule has 2 atom stereocenters. The molecule has 2 aromatic carbocycles. The maximum atomic E-state index is 13.5. The number of hydrogen-bond donors (Lipinski definition) is 1. The fourth-order valence-corrected chi connectivity index (χ4v) is 6.20. The Morgan fingerprint density at radius 1 is 0.929 bits per heavy atom. The second-order valence-electron chi connectivity index (χ2n) is 10.1. The Morgan fingerprint density at radius 2 is 1.55 bits per heavy atom. The third-order valence-electron chi connectivity index (χ3n) is 7.37. The molecule has 2 heterocycles. The van der Waals surface area contributed by atoms with Crippen molar-refractivity contribution < 1.29 is 36.0 Å². The van der Waals surface area contributed by atoms with Crippen LogP contribution < -0.4 is 5.32 Å². The molecule has 2 saturated heterocycles. The zero-order valence-electron chi connectivity index (χ0n) is 22.6. The van der Waals surface area contributed by atoms with Gasteiger partial charge in [-0.25, -0.2) is 13.2 Å². The first kappa shape index (κ1) is 31.9. The molecule has 228 valence electrons. The molecule has 10 nitrogen and oxygen atoms in total. The molecule has 0 aliphatic carbocycles. The monoisotopic (exact) mass is 649 g/mol. The number of likely N-dealkylation sites (tertiary alicyclic amines) is 1. The number of amides is 4. The minimum absolute atomic E-state index is 0.126. The maximum Gasteiger partial charge on any atom is 0.471 e. The van der Waals surface area contributed by atoms with Crippen molar-refractivity contribution >= 4 is 56.8 Å². The van der Waals surface area contributed by atoms with Crippen LogP contribution in [0.25, 0.3) is 0 Å². The van der Waals surface area contributed by atoms with Crippen LogP contribution in [-0.2, 0) is 14.8 Å². The summed E-state index contributed by atoms with van der Waals surface area (Å²) in [6.45, 7) is 1.20. The molecule has 2 aromatic rings. The van der Waals surface area contributed by atoms with Crippen molar-refractivity contribution in [2.24, 2.45) is 0 Å². The van der Waals surface area contributed by atoms with E-state index in [1.807, 2.05) is 0 Å². The van der Waals surface area contributed by atoms with E-state index in [4.69, 9.17) is 23.2 Å². The van der Waals surface area contributed by atoms with Gasteiger partial charge in [0.1, 0.15) is 0 Å². The number of hydrogen-bond acceptors (Lipinski definition) is 5. The van der Waals surface area contributed by atoms with Gasteiger partial charge in [-0.1, -0.05) is 29.3 Å². The summed E-state index contributed by atoms with van der Waals surface area (Å²) < 4.78 is 62.8. The van der Waals surface area contributed by atoms with Gasteiger partial charge in [-0.05, 0) is 42.0 Å². The number of sulfonamides is 1. The Hall–Kier alpha value is -3.07. The summed E-state index contributed by atoms with van der Waals surface area (Å²) in [4.78, 5) is 42.8. The van der Waals surface area contributed by atoms with Gasteiger partial charge in [-0.15, -0.1) is 0 Å². The predicted molar refractivity (Wildman–Crippen MR) is 151 cm³/mol. The van der Waals surface area contributed by atoms with Crippen molar-refractivity contribution in [1.82, 2.24) is 19.0 Å². The first-order valence-corrected chi connectivity index (χ1v) is 15.4. The first-order chi connectivity index (χ1) is 19.6. The lowest BCUT2D eigenvalue weighted by molar-refractivity contribution is -0.167. The number of halogens is 5. The number of alkyl halides is 3. The molecule has 1 N–H and O–H groups in total. The van der Waals surface area contributed by atoms with Crippen molar-refractivity contribution in [3.63, 3.8) is 0 Å². The molecule has 42 heavy (non-hydrogen) atoms. The third kappa shape index (κ3) is 7.10. The molecule has 4 amide bonds. The average Bonchev–Trinajstić information content (AvgIpc) is 3.38. The predicted octanol–water partition coefficient (Wildman–Crippen LogP) is 3.73. The van der Waals surface area contributed by atoms with Gasteiger partial charge in [0.25, 0.3) is 5.91 Å². The average molecular weight is 651 g/mol. The summed E-state index contributed by atoms with van der Waals surface area (Å²) in [5.74, 6) is -2.94. The Balaban J connectivity index is 1.53. The molecule has 0 unspecified atom stereocenters. The van der Waals surface area contributed by atoms with Crippen LogP contribution in [0.2, 0.25) is 10.0 Å². The van der Waals surface area contributed by atoms with Gasteiger partial charge in [0, 0.05) is 63.5 Å². The Kier molecular flexibility index (Phi) is 9.31. The number of piperazine rings is 1. The lowest BCUT2D eigenvalue weighted by Crippen LogP contribution is -2.53. The van der Waals surface area contributed by atoms with Crippen LogP contribution >= 0.6 is 23.2 Å². The van der Waals surface area contributed by atoms with Gasteiger partial charge < -0.3 is 20.0 Å². The van der Waals surface area contributed by atoms with Gasteiger partial charge in [0.15, 0.2) is 0 Å². The highest BCUT2D eigenvalue weighted by Gasteiger charge is 2.42. The van der Waals surface area contributed by atoms with E-state index in [2.05, 4.69) is 0 Å². The molecule has 16 heteroatoms. The highest BCUT2D eigenvalue weighted by molar-refractivity contribution is 7.88. The number of nitrogens with one attached hydrogen (secondary N) is 1. The van der Waals surface area contributed by atoms with Crippen LogP contribution in [0.15, 0.2) is 42.5 Å². The SMILES string of the molecule is CN(C(=O)c1ccc(NC(=O)C(F)(F)F)cc1)[C@@H]1CN(C(=O)N2CCN(S(C)(=O)=O)CC2)C[C@H]1c1ccc(Cl)c(Cl)c1. The maximum absolute atomic E-state index is 13.5. The zero-order valence-corrected chi connectivity index (χ0v) is 24.9. The molecular weight excluding hydrogens is 622 g/mol. The van der Waals surface area contributed by atoms with E-state index in [1.165, 1.54) is 33.5 Å². The van der Waals surface area contributed by atoms with Crippen LogP contribution in [-0.4, -0.2) is 110 Å². The van der Waals surface area contributed by atoms with Crippen molar-refractivity contribution in [3.05, 3.63) is 63.6 Å². The smallest absolute Gasteiger partial charge is 0.336 e. The number of likely N-dealkylation sites (N-methyl/N-ethyl adjacent to an activating group) is 1. The first-order valence-electron chi connectivity index (χ1n) is 12.8. The molecule has 2 fully saturated rings. The summed E-state index contributed by atoms with van der Waals surface area (Å²) in [5.41, 5.74) is 0.785. The quantitative estimate of drug-likeness (QED) is 0.531. The molecule has 0 radical (unpaired) electrons. The number of anilines is 1. The van der Waals surface area contributed by atoms with E-state index >= 15 is 0 Å². The van der Waals surface area contributed by atoms with E-state index in [0.29, 0.717) is 10.0 Å². The number of rotatable bonds is 5. The summed E-state index contributed by atoms with van der Waals surface area (Å²) in [6.07, 6.45) is -3.93. The number of carbonyl (C=O) groups is 3. The Bertz CT molecular complexity index is 1470. The van der Waals surface area contributed by atoms with Gasteiger partial charge in [0.2, 0.25) is 10.0 Å². The number of nitrogens with zero attached hydrogens (tertiary/aromatic N) is 4. The molecule has 0 bridgehead atoms. The minimum Gasteiger partial charge on any atom is -0.336 e. The Morgan fingerprint density at radius 3 is 2.10 bits per heavy atom. The third-order valence-corrected chi connectivity index (χ3v) is 9.42. The number of benzene rings is 2. The molecule has 4 rings (SSSR count). The molecule has 0 saturated carbocycles. The largest absolute Gasteiger partial charge is 0.471 e. The van der Waals surface area contributed by atoms with Gasteiger partial charge in [0.05, 0.1) is 22.3 Å². The summed E-state index contributed by atoms with van der Waals surface area (Å²) in [6, 6.07) is 9.26. The van der Waals surface area contributed by atoms with E-state index in [0.717, 1.165) is 11.8 Å². The van der Waals surface area contributed by atoms with Gasteiger partial charge >= 0.3 is 18.1 Å². The topological polar surface area (TPSA) is 110 Å². The van der Waals surface area contributed by atoms with Crippen LogP contribution in [0, 0.1) is 0 Å². The van der Waals surface area contributed by atoms with Crippen molar-refractivity contribution in [2.45, 2.75) is 18.1 Å². The zero-order chi connectivity index (χ0) is 31.0. The highest BCUT2D eigenvalue weighted by Crippen LogP contribution is 2.35. The summed E-state index contributed by atoms with van der Waals surface area (Å²) >= 11 is 12.4. The molecule has 2 aliphatic rings. The lowest BCUT2D eigenvalue weighted by atomic mass is 9.93. The van der Waals surface area contributed by atoms with Crippen molar-refractivity contribution in [2.75, 3.05) is 57.9 Å². The van der Waals surface area contributed by atoms with E-state index < -0.39 is 34.1 Å². The second kappa shape index (κ2) is 12.3. The number of carbonyl (C=O) groups excluding carboxylic acids is 3.